The van der Waals surface area contributed by atoms with Gasteiger partial charge >= 0.3 is 36.2 Å². The summed E-state index contributed by atoms with van der Waals surface area (Å²) in [5.74, 6) is -1.96. The summed E-state index contributed by atoms with van der Waals surface area (Å²) < 4.78 is 15.7. The normalized spacial score (nSPS) is 8.52. The van der Waals surface area contributed by atoms with Gasteiger partial charge in [-0.05, 0) is 18.7 Å². The Bertz CT molecular complexity index is 410. The Morgan fingerprint density at radius 3 is 1.76 bits per heavy atom. The molecule has 0 saturated heterocycles. The monoisotopic (exact) mass is 338 g/mol. The first-order valence-corrected chi connectivity index (χ1v) is 6.80. The number of carboxylic acid groups (broad SMARTS) is 2. The molecule has 1 aromatic rings. The molecule has 0 aliphatic heterocycles. The number of rotatable bonds is 5. The Balaban J connectivity index is 0. The van der Waals surface area contributed by atoms with Crippen LogP contribution in [0.4, 0.5) is 0 Å². The van der Waals surface area contributed by atoms with Crippen LogP contribution < -0.4 is 5.73 Å². The molecule has 0 fully saturated rings. The molecule has 0 amide bonds. The van der Waals surface area contributed by atoms with E-state index in [1.54, 1.807) is 18.2 Å². The minimum atomic E-state index is -1.56. The first-order chi connectivity index (χ1) is 9.90. The van der Waals surface area contributed by atoms with Crippen molar-refractivity contribution < 1.29 is 44.1 Å². The summed E-state index contributed by atoms with van der Waals surface area (Å²) in [4.78, 5) is 24.6. The molecule has 0 aliphatic rings. The van der Waals surface area contributed by atoms with Gasteiger partial charge in [0, 0.05) is 0 Å². The number of nitrogens with one attached hydrogen (secondary N) is 1. The van der Waals surface area contributed by atoms with Gasteiger partial charge in [0.15, 0.2) is 0 Å². The van der Waals surface area contributed by atoms with Crippen LogP contribution in [0.1, 0.15) is 11.4 Å². The summed E-state index contributed by atoms with van der Waals surface area (Å²) in [5, 5.41) is 17.0. The third-order valence-electron chi connectivity index (χ3n) is 1.67. The Labute approximate surface area is 128 Å². The van der Waals surface area contributed by atoms with Crippen LogP contribution in [-0.2, 0) is 42.7 Å². The summed E-state index contributed by atoms with van der Waals surface area (Å²) in [6.45, 7) is 0.833. The van der Waals surface area contributed by atoms with E-state index in [9.17, 15) is 9.59 Å². The van der Waals surface area contributed by atoms with Gasteiger partial charge in [0.05, 0.1) is 24.2 Å². The molecular formula is C11H17N3O6V-. The fraction of sp³-hybridized carbons (Fsp3) is 0.364. The molecule has 118 valence electrons. The van der Waals surface area contributed by atoms with E-state index in [1.165, 1.54) is 0 Å². The van der Waals surface area contributed by atoms with E-state index in [2.05, 4.69) is 4.98 Å². The van der Waals surface area contributed by atoms with Crippen molar-refractivity contribution in [2.45, 2.75) is 12.8 Å². The SMILES string of the molecule is O=C(O)Cc1cccc(CC(=O)O)n1.[NH-]CCN.[O]=[V][OH]. The third kappa shape index (κ3) is 16.3. The molecule has 0 saturated carbocycles. The van der Waals surface area contributed by atoms with Crippen LogP contribution in [0.5, 0.6) is 0 Å². The topological polar surface area (TPSA) is 175 Å². The van der Waals surface area contributed by atoms with Gasteiger partial charge in [0.25, 0.3) is 0 Å². The van der Waals surface area contributed by atoms with Crippen LogP contribution in [0, 0.1) is 0 Å². The average Bonchev–Trinajstić information content (AvgIpc) is 2.39. The molecule has 0 spiro atoms. The number of carbonyl (C=O) groups is 2. The summed E-state index contributed by atoms with van der Waals surface area (Å²) in [7, 11) is 0. The second-order valence-electron chi connectivity index (χ2n) is 3.38. The second kappa shape index (κ2) is 14.8. The Morgan fingerprint density at radius 2 is 1.52 bits per heavy atom. The zero-order valence-corrected chi connectivity index (χ0v) is 12.5. The second-order valence-corrected chi connectivity index (χ2v) is 3.64. The summed E-state index contributed by atoms with van der Waals surface area (Å²) in [6, 6.07) is 4.71. The molecule has 1 heterocycles. The quantitative estimate of drug-likeness (QED) is 0.563. The van der Waals surface area contributed by atoms with E-state index in [0.717, 1.165) is 0 Å². The molecule has 0 radical (unpaired) electrons. The summed E-state index contributed by atoms with van der Waals surface area (Å²) in [6.07, 6.45) is -0.374. The molecule has 0 atom stereocenters. The zero-order valence-electron chi connectivity index (χ0n) is 11.1. The predicted molar refractivity (Wildman–Crippen MR) is 68.1 cm³/mol. The van der Waals surface area contributed by atoms with Gasteiger partial charge in [0.1, 0.15) is 0 Å². The van der Waals surface area contributed by atoms with E-state index in [-0.39, 0.29) is 12.8 Å². The maximum absolute atomic E-state index is 10.3. The number of hydrogen-bond donors (Lipinski definition) is 4. The molecule has 10 heteroatoms. The maximum atomic E-state index is 10.3. The fourth-order valence-corrected chi connectivity index (χ4v) is 1.04. The van der Waals surface area contributed by atoms with Crippen molar-refractivity contribution in [2.24, 2.45) is 5.73 Å². The van der Waals surface area contributed by atoms with Crippen LogP contribution in [-0.4, -0.2) is 44.3 Å². The molecule has 0 aliphatic carbocycles. The number of nitrogens with two attached hydrogens (primary N) is 1. The molecule has 21 heavy (non-hydrogen) atoms. The fourth-order valence-electron chi connectivity index (χ4n) is 1.04. The van der Waals surface area contributed by atoms with Crippen LogP contribution in [0.25, 0.3) is 5.73 Å². The van der Waals surface area contributed by atoms with Crippen LogP contribution in [0.3, 0.4) is 0 Å². The number of aliphatic carboxylic acids is 2. The van der Waals surface area contributed by atoms with E-state index >= 15 is 0 Å². The van der Waals surface area contributed by atoms with Crippen molar-refractivity contribution in [1.29, 1.82) is 0 Å². The van der Waals surface area contributed by atoms with E-state index < -0.39 is 28.5 Å². The molecular weight excluding hydrogens is 321 g/mol. The summed E-state index contributed by atoms with van der Waals surface area (Å²) in [5.41, 5.74) is 11.9. The Morgan fingerprint density at radius 1 is 1.19 bits per heavy atom. The molecule has 1 aromatic heterocycles. The average molecular weight is 338 g/mol. The molecule has 1 rings (SSSR count). The van der Waals surface area contributed by atoms with E-state index in [4.69, 9.17) is 29.4 Å². The van der Waals surface area contributed by atoms with Gasteiger partial charge in [-0.25, -0.2) is 0 Å². The molecule has 6 N–H and O–H groups in total. The van der Waals surface area contributed by atoms with Gasteiger partial charge in [-0.3, -0.25) is 14.6 Å². The Hall–Kier alpha value is -1.65. The van der Waals surface area contributed by atoms with Crippen molar-refractivity contribution >= 4 is 11.9 Å². The van der Waals surface area contributed by atoms with Crippen molar-refractivity contribution in [3.05, 3.63) is 35.3 Å². The minimum absolute atomic E-state index is 0.187. The van der Waals surface area contributed by atoms with Gasteiger partial charge < -0.3 is 21.7 Å². The van der Waals surface area contributed by atoms with Gasteiger partial charge in [0.2, 0.25) is 0 Å². The van der Waals surface area contributed by atoms with Crippen molar-refractivity contribution in [3.8, 4) is 0 Å². The van der Waals surface area contributed by atoms with Crippen molar-refractivity contribution in [2.75, 3.05) is 13.1 Å². The number of carboxylic acids is 2. The third-order valence-corrected chi connectivity index (χ3v) is 1.67. The van der Waals surface area contributed by atoms with Crippen LogP contribution in [0.15, 0.2) is 18.2 Å². The zero-order chi connectivity index (χ0) is 16.7. The van der Waals surface area contributed by atoms with E-state index in [1.807, 2.05) is 0 Å². The first kappa shape index (κ1) is 21.6. The molecule has 9 nitrogen and oxygen atoms in total. The van der Waals surface area contributed by atoms with Crippen molar-refractivity contribution in [3.63, 3.8) is 0 Å². The number of hydrogen-bond acceptors (Lipinski definition) is 5. The number of nitrogens with zero attached hydrogens (tertiary/aromatic N) is 1. The van der Waals surface area contributed by atoms with Crippen LogP contribution in [0.2, 0.25) is 0 Å². The van der Waals surface area contributed by atoms with Crippen molar-refractivity contribution in [1.82, 2.24) is 4.98 Å². The Kier molecular flexibility index (Phi) is 15.2. The first-order valence-electron chi connectivity index (χ1n) is 5.61. The van der Waals surface area contributed by atoms with Gasteiger partial charge in [-0.1, -0.05) is 6.07 Å². The molecule has 0 unspecified atom stereocenters. The number of pyridine rings is 1. The standard InChI is InChI=1S/C9H9NO4.C2H7N2.H2O.O.V/c11-8(12)4-6-2-1-3-7(10-6)5-9(13)14;3-1-2-4;;;/h1-3H,4-5H2,(H,11,12)(H,13,14);3H,1-2,4H2;1H2;;/q;-1;;;+1/p-1. The number of aromatic nitrogens is 1. The predicted octanol–water partition coefficient (Wildman–Crippen LogP) is -0.345. The summed E-state index contributed by atoms with van der Waals surface area (Å²) >= 11 is -1.56. The van der Waals surface area contributed by atoms with Crippen LogP contribution >= 0.6 is 0 Å². The molecule has 0 aromatic carbocycles. The van der Waals surface area contributed by atoms with Gasteiger partial charge in [-0.2, -0.15) is 0 Å². The van der Waals surface area contributed by atoms with Gasteiger partial charge in [-0.15, -0.1) is 6.54 Å². The molecule has 0 bridgehead atoms. The van der Waals surface area contributed by atoms with E-state index in [0.29, 0.717) is 24.5 Å².